The molecule has 23 heavy (non-hydrogen) atoms. The fourth-order valence-corrected chi connectivity index (χ4v) is 1.56. The van der Waals surface area contributed by atoms with Crippen LogP contribution in [0.3, 0.4) is 0 Å². The van der Waals surface area contributed by atoms with Gasteiger partial charge in [0.15, 0.2) is 6.10 Å². The Labute approximate surface area is 131 Å². The number of ether oxygens (including phenoxy) is 5. The Morgan fingerprint density at radius 2 is 0.913 bits per heavy atom. The highest BCUT2D eigenvalue weighted by Crippen LogP contribution is 2.16. The number of carbonyl (C=O) groups excluding carboxylic acids is 5. The lowest BCUT2D eigenvalue weighted by Gasteiger charge is -2.28. The van der Waals surface area contributed by atoms with Crippen molar-refractivity contribution in [3.8, 4) is 0 Å². The highest BCUT2D eigenvalue weighted by atomic mass is 16.6. The van der Waals surface area contributed by atoms with Crippen molar-refractivity contribution in [2.75, 3.05) is 14.2 Å². The average molecular weight is 334 g/mol. The van der Waals surface area contributed by atoms with Gasteiger partial charge in [0.05, 0.1) is 14.2 Å². The van der Waals surface area contributed by atoms with E-state index in [4.69, 9.17) is 14.2 Å². The molecule has 0 spiro atoms. The Morgan fingerprint density at radius 3 is 1.13 bits per heavy atom. The number of rotatable bonds is 7. The Balaban J connectivity index is 5.82. The summed E-state index contributed by atoms with van der Waals surface area (Å²) in [6.45, 7) is 2.96. The van der Waals surface area contributed by atoms with E-state index < -0.39 is 48.2 Å². The van der Waals surface area contributed by atoms with E-state index in [9.17, 15) is 24.0 Å². The minimum Gasteiger partial charge on any atom is -0.466 e. The van der Waals surface area contributed by atoms with Gasteiger partial charge in [-0.25, -0.2) is 9.59 Å². The molecule has 10 heteroatoms. The summed E-state index contributed by atoms with van der Waals surface area (Å²) < 4.78 is 23.2. The number of methoxy groups -OCH3 is 2. The zero-order valence-corrected chi connectivity index (χ0v) is 13.3. The van der Waals surface area contributed by atoms with Gasteiger partial charge in [-0.15, -0.1) is 0 Å². The summed E-state index contributed by atoms with van der Waals surface area (Å²) >= 11 is 0. The third kappa shape index (κ3) is 6.76. The van der Waals surface area contributed by atoms with Crippen molar-refractivity contribution in [2.24, 2.45) is 0 Å². The molecular weight excluding hydrogens is 316 g/mol. The molecule has 130 valence electrons. The molecule has 0 unspecified atom stereocenters. The average Bonchev–Trinajstić information content (AvgIpc) is 2.46. The molecular formula is C13H18O10. The monoisotopic (exact) mass is 334 g/mol. The van der Waals surface area contributed by atoms with Gasteiger partial charge in [0, 0.05) is 20.8 Å². The Kier molecular flexibility index (Phi) is 8.30. The maximum Gasteiger partial charge on any atom is 0.351 e. The second-order valence-corrected chi connectivity index (χ2v) is 4.18. The van der Waals surface area contributed by atoms with Crippen molar-refractivity contribution in [1.29, 1.82) is 0 Å². The zero-order chi connectivity index (χ0) is 18.2. The Morgan fingerprint density at radius 1 is 0.609 bits per heavy atom. The van der Waals surface area contributed by atoms with Gasteiger partial charge in [0.25, 0.3) is 0 Å². The molecule has 0 fully saturated rings. The molecule has 0 aromatic rings. The van der Waals surface area contributed by atoms with Gasteiger partial charge in [-0.3, -0.25) is 14.4 Å². The van der Waals surface area contributed by atoms with Crippen molar-refractivity contribution in [1.82, 2.24) is 0 Å². The Hall–Kier alpha value is -2.65. The van der Waals surface area contributed by atoms with Crippen LogP contribution in [0.1, 0.15) is 20.8 Å². The topological polar surface area (TPSA) is 132 Å². The van der Waals surface area contributed by atoms with Crippen LogP contribution in [0.25, 0.3) is 0 Å². The smallest absolute Gasteiger partial charge is 0.351 e. The van der Waals surface area contributed by atoms with Gasteiger partial charge < -0.3 is 23.7 Å². The molecule has 0 radical (unpaired) electrons. The van der Waals surface area contributed by atoms with E-state index >= 15 is 0 Å². The van der Waals surface area contributed by atoms with E-state index in [1.807, 2.05) is 0 Å². The third-order valence-corrected chi connectivity index (χ3v) is 2.35. The molecule has 0 aliphatic rings. The summed E-state index contributed by atoms with van der Waals surface area (Å²) in [6.07, 6.45) is -5.44. The summed E-state index contributed by atoms with van der Waals surface area (Å²) in [5, 5.41) is 0. The van der Waals surface area contributed by atoms with E-state index in [1.54, 1.807) is 0 Å². The number of hydrogen-bond acceptors (Lipinski definition) is 10. The van der Waals surface area contributed by atoms with Crippen LogP contribution < -0.4 is 0 Å². The quantitative estimate of drug-likeness (QED) is 0.427. The molecule has 0 N–H and O–H groups in total. The van der Waals surface area contributed by atoms with Gasteiger partial charge in [0.2, 0.25) is 12.2 Å². The first-order valence-electron chi connectivity index (χ1n) is 6.31. The van der Waals surface area contributed by atoms with Gasteiger partial charge in [-0.1, -0.05) is 0 Å². The van der Waals surface area contributed by atoms with Crippen LogP contribution in [-0.4, -0.2) is 62.4 Å². The van der Waals surface area contributed by atoms with Crippen LogP contribution in [0, 0.1) is 0 Å². The molecule has 10 nitrogen and oxygen atoms in total. The standard InChI is InChI=1S/C13H18O10/c1-6(14)21-9(10(12(17)19-4)22-7(2)15)11(13(18)20-5)23-8(3)16/h9-11H,1-5H3/t10-,11-/m1/s1. The fraction of sp³-hybridized carbons (Fsp3) is 0.615. The lowest BCUT2D eigenvalue weighted by Crippen LogP contribution is -2.52. The van der Waals surface area contributed by atoms with Crippen molar-refractivity contribution in [3.05, 3.63) is 0 Å². The van der Waals surface area contributed by atoms with Crippen molar-refractivity contribution in [3.63, 3.8) is 0 Å². The van der Waals surface area contributed by atoms with Gasteiger partial charge in [-0.2, -0.15) is 0 Å². The maximum atomic E-state index is 11.8. The minimum atomic E-state index is -1.83. The van der Waals surface area contributed by atoms with Crippen LogP contribution >= 0.6 is 0 Å². The highest BCUT2D eigenvalue weighted by Gasteiger charge is 2.46. The first kappa shape index (κ1) is 20.3. The minimum absolute atomic E-state index is 0.913. The van der Waals surface area contributed by atoms with Gasteiger partial charge in [-0.05, 0) is 0 Å². The summed E-state index contributed by atoms with van der Waals surface area (Å²) in [5.74, 6) is -4.98. The molecule has 2 atom stereocenters. The molecule has 0 saturated heterocycles. The maximum absolute atomic E-state index is 11.8. The second-order valence-electron chi connectivity index (χ2n) is 4.18. The predicted molar refractivity (Wildman–Crippen MR) is 70.7 cm³/mol. The molecule has 0 aliphatic heterocycles. The summed E-state index contributed by atoms with van der Waals surface area (Å²) in [4.78, 5) is 57.1. The number of hydrogen-bond donors (Lipinski definition) is 0. The largest absolute Gasteiger partial charge is 0.466 e. The molecule has 0 aromatic heterocycles. The van der Waals surface area contributed by atoms with Crippen LogP contribution in [-0.2, 0) is 47.7 Å². The normalized spacial score (nSPS) is 12.6. The first-order chi connectivity index (χ1) is 10.6. The highest BCUT2D eigenvalue weighted by molar-refractivity contribution is 5.84. The van der Waals surface area contributed by atoms with Gasteiger partial charge >= 0.3 is 29.8 Å². The van der Waals surface area contributed by atoms with Gasteiger partial charge in [0.1, 0.15) is 0 Å². The molecule has 0 saturated carbocycles. The van der Waals surface area contributed by atoms with Crippen LogP contribution in [0.5, 0.6) is 0 Å². The second kappa shape index (κ2) is 9.38. The molecule has 0 bridgehead atoms. The molecule has 0 aromatic carbocycles. The van der Waals surface area contributed by atoms with Crippen molar-refractivity contribution < 1.29 is 47.7 Å². The van der Waals surface area contributed by atoms with E-state index in [-0.39, 0.29) is 0 Å². The molecule has 0 rings (SSSR count). The summed E-state index contributed by atoms with van der Waals surface area (Å²) in [6, 6.07) is 0. The SMILES string of the molecule is COC(=O)[C@H](OC(C)=O)C(OC(C)=O)[C@@H](OC(C)=O)C(=O)OC. The van der Waals surface area contributed by atoms with Crippen LogP contribution in [0.15, 0.2) is 0 Å². The zero-order valence-electron chi connectivity index (χ0n) is 13.3. The molecule has 0 aliphatic carbocycles. The summed E-state index contributed by atoms with van der Waals surface area (Å²) in [5.41, 5.74) is 0. The van der Waals surface area contributed by atoms with Crippen LogP contribution in [0.2, 0.25) is 0 Å². The van der Waals surface area contributed by atoms with E-state index in [0.717, 1.165) is 35.0 Å². The fourth-order valence-electron chi connectivity index (χ4n) is 1.56. The molecule has 0 amide bonds. The van der Waals surface area contributed by atoms with Crippen molar-refractivity contribution >= 4 is 29.8 Å². The number of esters is 5. The van der Waals surface area contributed by atoms with E-state index in [2.05, 4.69) is 9.47 Å². The number of carbonyl (C=O) groups is 5. The Bertz CT molecular complexity index is 447. The predicted octanol–water partition coefficient (Wildman–Crippen LogP) is -0.872. The summed E-state index contributed by atoms with van der Waals surface area (Å²) in [7, 11) is 1.98. The third-order valence-electron chi connectivity index (χ3n) is 2.35. The lowest BCUT2D eigenvalue weighted by molar-refractivity contribution is -0.198. The first-order valence-corrected chi connectivity index (χ1v) is 6.31. The lowest BCUT2D eigenvalue weighted by atomic mass is 10.1. The van der Waals surface area contributed by atoms with Crippen LogP contribution in [0.4, 0.5) is 0 Å². The van der Waals surface area contributed by atoms with E-state index in [0.29, 0.717) is 0 Å². The van der Waals surface area contributed by atoms with E-state index in [1.165, 1.54) is 0 Å². The van der Waals surface area contributed by atoms with Crippen molar-refractivity contribution in [2.45, 2.75) is 39.1 Å². The molecule has 0 heterocycles.